The molecular formula is C18H29BrN4O2S. The van der Waals surface area contributed by atoms with E-state index in [1.54, 1.807) is 0 Å². The fraction of sp³-hybridized carbons (Fsp3) is 0.611. The molecule has 0 radical (unpaired) electrons. The van der Waals surface area contributed by atoms with Crippen LogP contribution in [0.5, 0.6) is 0 Å². The van der Waals surface area contributed by atoms with Crippen LogP contribution in [0.25, 0.3) is 0 Å². The zero-order valence-electron chi connectivity index (χ0n) is 15.5. The highest BCUT2D eigenvalue weighted by atomic mass is 79.9. The lowest BCUT2D eigenvalue weighted by Gasteiger charge is -2.33. The molecule has 0 amide bonds. The maximum atomic E-state index is 11.2. The third-order valence-corrected chi connectivity index (χ3v) is 5.78. The summed E-state index contributed by atoms with van der Waals surface area (Å²) in [6.45, 7) is 6.10. The van der Waals surface area contributed by atoms with Crippen LogP contribution in [0.3, 0.4) is 0 Å². The van der Waals surface area contributed by atoms with Crippen molar-refractivity contribution >= 4 is 31.7 Å². The predicted molar refractivity (Wildman–Crippen MR) is 111 cm³/mol. The van der Waals surface area contributed by atoms with E-state index in [1.165, 1.54) is 11.8 Å². The minimum absolute atomic E-state index is 0.0786. The summed E-state index contributed by atoms with van der Waals surface area (Å²) in [6, 6.07) is 8.85. The molecule has 8 heteroatoms. The first-order valence-corrected chi connectivity index (χ1v) is 11.9. The monoisotopic (exact) mass is 444 g/mol. The number of rotatable bonds is 7. The summed E-state index contributed by atoms with van der Waals surface area (Å²) in [5.74, 6) is 0.789. The highest BCUT2D eigenvalue weighted by Gasteiger charge is 2.20. The number of nitrogens with zero attached hydrogens (tertiary/aromatic N) is 2. The van der Waals surface area contributed by atoms with Crippen molar-refractivity contribution in [3.8, 4) is 0 Å². The number of hydrogen-bond acceptors (Lipinski definition) is 4. The number of benzene rings is 1. The Morgan fingerprint density at radius 2 is 1.92 bits per heavy atom. The largest absolute Gasteiger partial charge is 0.357 e. The summed E-state index contributed by atoms with van der Waals surface area (Å²) in [6.07, 6.45) is 3.34. The van der Waals surface area contributed by atoms with Crippen LogP contribution in [-0.4, -0.2) is 63.5 Å². The van der Waals surface area contributed by atoms with Gasteiger partial charge in [0.05, 0.1) is 12.3 Å². The molecule has 0 atom stereocenters. The molecule has 1 saturated heterocycles. The maximum Gasteiger partial charge on any atom is 0.191 e. The zero-order chi connectivity index (χ0) is 19.0. The fourth-order valence-corrected chi connectivity index (χ4v) is 3.61. The Hall–Kier alpha value is -1.12. The van der Waals surface area contributed by atoms with Gasteiger partial charge in [0.1, 0.15) is 9.84 Å². The molecule has 1 aliphatic rings. The number of likely N-dealkylation sites (tertiary alicyclic amines) is 1. The quantitative estimate of drug-likeness (QED) is 0.496. The van der Waals surface area contributed by atoms with E-state index in [1.807, 2.05) is 6.92 Å². The molecule has 1 heterocycles. The molecule has 0 saturated carbocycles. The summed E-state index contributed by atoms with van der Waals surface area (Å²) in [7, 11) is -2.98. The van der Waals surface area contributed by atoms with E-state index in [9.17, 15) is 8.42 Å². The molecule has 0 bridgehead atoms. The van der Waals surface area contributed by atoms with Gasteiger partial charge in [0.2, 0.25) is 0 Å². The van der Waals surface area contributed by atoms with Crippen LogP contribution in [-0.2, 0) is 16.4 Å². The third-order valence-electron chi connectivity index (χ3n) is 4.32. The molecule has 1 aromatic rings. The van der Waals surface area contributed by atoms with E-state index in [4.69, 9.17) is 0 Å². The van der Waals surface area contributed by atoms with Gasteiger partial charge in [0, 0.05) is 42.9 Å². The highest BCUT2D eigenvalue weighted by Crippen LogP contribution is 2.16. The number of piperidine rings is 1. The highest BCUT2D eigenvalue weighted by molar-refractivity contribution is 9.10. The van der Waals surface area contributed by atoms with Crippen LogP contribution in [0.1, 0.15) is 25.3 Å². The van der Waals surface area contributed by atoms with Gasteiger partial charge in [0.25, 0.3) is 0 Å². The molecule has 2 rings (SSSR count). The molecule has 1 aliphatic heterocycles. The Labute approximate surface area is 165 Å². The van der Waals surface area contributed by atoms with Crippen molar-refractivity contribution in [2.24, 2.45) is 4.99 Å². The molecule has 1 fully saturated rings. The lowest BCUT2D eigenvalue weighted by molar-refractivity contribution is 0.198. The zero-order valence-corrected chi connectivity index (χ0v) is 17.9. The Bertz CT molecular complexity index is 684. The normalized spacial score (nSPS) is 17.3. The Kier molecular flexibility index (Phi) is 8.37. The predicted octanol–water partition coefficient (Wildman–Crippen LogP) is 2.01. The molecule has 0 aromatic heterocycles. The molecule has 146 valence electrons. The van der Waals surface area contributed by atoms with E-state index in [0.29, 0.717) is 12.0 Å². The van der Waals surface area contributed by atoms with Crippen molar-refractivity contribution in [1.82, 2.24) is 15.5 Å². The molecule has 0 spiro atoms. The van der Waals surface area contributed by atoms with Crippen LogP contribution >= 0.6 is 15.9 Å². The summed E-state index contributed by atoms with van der Waals surface area (Å²) in [5.41, 5.74) is 1.33. The Balaban J connectivity index is 1.79. The third kappa shape index (κ3) is 8.05. The van der Waals surface area contributed by atoms with Crippen molar-refractivity contribution in [2.75, 3.05) is 38.2 Å². The number of guanidine groups is 1. The lowest BCUT2D eigenvalue weighted by Crippen LogP contribution is -2.48. The van der Waals surface area contributed by atoms with Gasteiger partial charge in [-0.3, -0.25) is 9.89 Å². The van der Waals surface area contributed by atoms with E-state index in [-0.39, 0.29) is 12.3 Å². The first kappa shape index (κ1) is 21.2. The fourth-order valence-electron chi connectivity index (χ4n) is 2.92. The summed E-state index contributed by atoms with van der Waals surface area (Å²) < 4.78 is 23.6. The topological polar surface area (TPSA) is 73.8 Å². The van der Waals surface area contributed by atoms with Crippen molar-refractivity contribution < 1.29 is 8.42 Å². The minimum atomic E-state index is -2.98. The maximum absolute atomic E-state index is 11.2. The number of hydrogen-bond donors (Lipinski definition) is 2. The van der Waals surface area contributed by atoms with Crippen LogP contribution in [0.2, 0.25) is 0 Å². The summed E-state index contributed by atoms with van der Waals surface area (Å²) >= 11 is 3.47. The molecule has 0 unspecified atom stereocenters. The van der Waals surface area contributed by atoms with E-state index in [2.05, 4.69) is 60.7 Å². The van der Waals surface area contributed by atoms with E-state index >= 15 is 0 Å². The molecular weight excluding hydrogens is 416 g/mol. The minimum Gasteiger partial charge on any atom is -0.357 e. The standard InChI is InChI=1S/C18H29BrN4O2S/c1-3-20-18(21-10-13-26(2,24)25)22-17-8-11-23(12-9-17)14-15-4-6-16(19)7-5-15/h4-7,17H,3,8-14H2,1-2H3,(H2,20,21,22). The van der Waals surface area contributed by atoms with Crippen LogP contribution in [0.15, 0.2) is 33.7 Å². The molecule has 6 nitrogen and oxygen atoms in total. The van der Waals surface area contributed by atoms with Crippen LogP contribution < -0.4 is 10.6 Å². The summed E-state index contributed by atoms with van der Waals surface area (Å²) in [5, 5.41) is 6.64. The first-order chi connectivity index (χ1) is 12.4. The van der Waals surface area contributed by atoms with Crippen molar-refractivity contribution in [3.05, 3.63) is 34.3 Å². The number of nitrogens with one attached hydrogen (secondary N) is 2. The van der Waals surface area contributed by atoms with Gasteiger partial charge in [-0.2, -0.15) is 0 Å². The van der Waals surface area contributed by atoms with Crippen LogP contribution in [0.4, 0.5) is 0 Å². The average molecular weight is 445 g/mol. The smallest absolute Gasteiger partial charge is 0.191 e. The van der Waals surface area contributed by atoms with Crippen LogP contribution in [0, 0.1) is 0 Å². The van der Waals surface area contributed by atoms with Crippen molar-refractivity contribution in [2.45, 2.75) is 32.4 Å². The molecule has 26 heavy (non-hydrogen) atoms. The average Bonchev–Trinajstić information content (AvgIpc) is 2.58. The second kappa shape index (κ2) is 10.3. The molecule has 2 N–H and O–H groups in total. The second-order valence-corrected chi connectivity index (χ2v) is 9.89. The molecule has 0 aliphatic carbocycles. The van der Waals surface area contributed by atoms with Gasteiger partial charge in [0.15, 0.2) is 5.96 Å². The van der Waals surface area contributed by atoms with Gasteiger partial charge in [-0.25, -0.2) is 8.42 Å². The van der Waals surface area contributed by atoms with Crippen molar-refractivity contribution in [3.63, 3.8) is 0 Å². The first-order valence-electron chi connectivity index (χ1n) is 9.05. The van der Waals surface area contributed by atoms with Gasteiger partial charge in [-0.05, 0) is 37.5 Å². The van der Waals surface area contributed by atoms with E-state index < -0.39 is 9.84 Å². The number of sulfone groups is 1. The van der Waals surface area contributed by atoms with Crippen molar-refractivity contribution in [1.29, 1.82) is 0 Å². The second-order valence-electron chi connectivity index (χ2n) is 6.71. The number of halogens is 1. The lowest BCUT2D eigenvalue weighted by atomic mass is 10.0. The molecule has 1 aromatic carbocycles. The van der Waals surface area contributed by atoms with Gasteiger partial charge < -0.3 is 10.6 Å². The Morgan fingerprint density at radius 1 is 1.27 bits per heavy atom. The number of aliphatic imine (C=N–C) groups is 1. The van der Waals surface area contributed by atoms with Gasteiger partial charge >= 0.3 is 0 Å². The SMILES string of the molecule is CCNC(=NCCS(C)(=O)=O)NC1CCN(Cc2ccc(Br)cc2)CC1. The summed E-state index contributed by atoms with van der Waals surface area (Å²) in [4.78, 5) is 6.85. The van der Waals surface area contributed by atoms with Gasteiger partial charge in [-0.15, -0.1) is 0 Å². The van der Waals surface area contributed by atoms with Gasteiger partial charge in [-0.1, -0.05) is 28.1 Å². The van der Waals surface area contributed by atoms with E-state index in [0.717, 1.165) is 43.5 Å². The Morgan fingerprint density at radius 3 is 2.50 bits per heavy atom.